The van der Waals surface area contributed by atoms with Gasteiger partial charge in [-0.15, -0.1) is 0 Å². The zero-order chi connectivity index (χ0) is 42.1. The Balaban J connectivity index is 1.01. The van der Waals surface area contributed by atoms with Crippen LogP contribution in [0.4, 0.5) is 0 Å². The van der Waals surface area contributed by atoms with Gasteiger partial charge in [-0.25, -0.2) is 0 Å². The summed E-state index contributed by atoms with van der Waals surface area (Å²) in [5, 5.41) is 9.41. The molecule has 0 aliphatic rings. The fourth-order valence-electron chi connectivity index (χ4n) is 9.94. The predicted molar refractivity (Wildman–Crippen MR) is 269 cm³/mol. The molecule has 0 saturated heterocycles. The number of fused-ring (bicyclic) bond motifs is 8. The van der Waals surface area contributed by atoms with Crippen LogP contribution < -0.4 is 0 Å². The summed E-state index contributed by atoms with van der Waals surface area (Å²) in [7, 11) is 0. The van der Waals surface area contributed by atoms with E-state index in [-0.39, 0.29) is 0 Å². The zero-order valence-corrected chi connectivity index (χ0v) is 34.8. The Morgan fingerprint density at radius 1 is 0.172 bits per heavy atom. The highest BCUT2D eigenvalue weighted by Gasteiger charge is 2.20. The third kappa shape index (κ3) is 5.95. The van der Waals surface area contributed by atoms with Crippen molar-refractivity contribution < 1.29 is 8.83 Å². The highest BCUT2D eigenvalue weighted by molar-refractivity contribution is 6.22. The predicted octanol–water partition coefficient (Wildman–Crippen LogP) is 17.8. The van der Waals surface area contributed by atoms with E-state index >= 15 is 0 Å². The fourth-order valence-corrected chi connectivity index (χ4v) is 9.94. The van der Waals surface area contributed by atoms with Gasteiger partial charge in [0.15, 0.2) is 0 Å². The van der Waals surface area contributed by atoms with Crippen molar-refractivity contribution in [1.29, 1.82) is 0 Å². The smallest absolute Gasteiger partial charge is 0.135 e. The van der Waals surface area contributed by atoms with Gasteiger partial charge in [-0.1, -0.05) is 182 Å². The molecule has 2 nitrogen and oxygen atoms in total. The van der Waals surface area contributed by atoms with Crippen molar-refractivity contribution in [2.24, 2.45) is 0 Å². The van der Waals surface area contributed by atoms with Gasteiger partial charge in [-0.2, -0.15) is 0 Å². The third-order valence-corrected chi connectivity index (χ3v) is 13.1. The molecule has 11 aromatic carbocycles. The van der Waals surface area contributed by atoms with E-state index in [0.29, 0.717) is 0 Å². The standard InChI is InChI=1S/C62H38O2/c1-3-11-39(12-4-1)45-27-31-51-55(37-45)61(43-23-19-41(20-24-43)47-29-33-59-53(35-47)49-15-7-9-17-57(49)63-59)52-32-28-46(40-13-5-2-6-14-40)38-56(52)62(51)44-25-21-42(22-26-44)48-30-34-60-54(36-48)50-16-8-10-18-58(50)64-60/h1-38H. The first kappa shape index (κ1) is 36.2. The fraction of sp³-hybridized carbons (Fsp3) is 0. The molecule has 0 bridgehead atoms. The molecule has 2 heterocycles. The van der Waals surface area contributed by atoms with Crippen molar-refractivity contribution in [3.8, 4) is 66.8 Å². The second-order valence-electron chi connectivity index (χ2n) is 16.8. The lowest BCUT2D eigenvalue weighted by atomic mass is 9.83. The molecule has 2 aromatic heterocycles. The third-order valence-electron chi connectivity index (χ3n) is 13.1. The number of benzene rings is 11. The lowest BCUT2D eigenvalue weighted by Crippen LogP contribution is -1.93. The highest BCUT2D eigenvalue weighted by Crippen LogP contribution is 2.47. The van der Waals surface area contributed by atoms with E-state index in [1.165, 1.54) is 66.1 Å². The van der Waals surface area contributed by atoms with Gasteiger partial charge in [0.25, 0.3) is 0 Å². The second kappa shape index (κ2) is 14.6. The molecule has 2 heteroatoms. The first-order valence-electron chi connectivity index (χ1n) is 21.9. The van der Waals surface area contributed by atoms with E-state index in [2.05, 4.69) is 206 Å². The Labute approximate surface area is 369 Å². The first-order valence-corrected chi connectivity index (χ1v) is 21.9. The molecule has 0 aliphatic heterocycles. The largest absolute Gasteiger partial charge is 0.456 e. The molecule has 0 saturated carbocycles. The van der Waals surface area contributed by atoms with Crippen LogP contribution >= 0.6 is 0 Å². The highest BCUT2D eigenvalue weighted by atomic mass is 16.3. The van der Waals surface area contributed by atoms with Crippen LogP contribution in [0.1, 0.15) is 0 Å². The maximum atomic E-state index is 6.17. The molecular weight excluding hydrogens is 777 g/mol. The first-order chi connectivity index (χ1) is 31.7. The molecule has 0 radical (unpaired) electrons. The monoisotopic (exact) mass is 814 g/mol. The maximum Gasteiger partial charge on any atom is 0.135 e. The van der Waals surface area contributed by atoms with E-state index in [0.717, 1.165) is 66.1 Å². The normalized spacial score (nSPS) is 11.8. The summed E-state index contributed by atoms with van der Waals surface area (Å²) in [5.74, 6) is 0. The Hall–Kier alpha value is -8.46. The van der Waals surface area contributed by atoms with Crippen LogP contribution in [0.5, 0.6) is 0 Å². The molecule has 0 atom stereocenters. The van der Waals surface area contributed by atoms with E-state index in [1.807, 2.05) is 24.3 Å². The number of rotatable bonds is 6. The van der Waals surface area contributed by atoms with Gasteiger partial charge in [-0.05, 0) is 137 Å². The van der Waals surface area contributed by atoms with Crippen LogP contribution in [-0.4, -0.2) is 0 Å². The summed E-state index contributed by atoms with van der Waals surface area (Å²) in [6.45, 7) is 0. The quantitative estimate of drug-likeness (QED) is 0.156. The summed E-state index contributed by atoms with van der Waals surface area (Å²) in [5.41, 5.74) is 17.9. The van der Waals surface area contributed by atoms with E-state index < -0.39 is 0 Å². The summed E-state index contributed by atoms with van der Waals surface area (Å²) < 4.78 is 12.3. The lowest BCUT2D eigenvalue weighted by molar-refractivity contribution is 0.668. The Bertz CT molecular complexity index is 3650. The van der Waals surface area contributed by atoms with Crippen molar-refractivity contribution in [2.45, 2.75) is 0 Å². The van der Waals surface area contributed by atoms with Crippen LogP contribution in [0.25, 0.3) is 132 Å². The van der Waals surface area contributed by atoms with Crippen molar-refractivity contribution in [3.63, 3.8) is 0 Å². The van der Waals surface area contributed by atoms with Crippen LogP contribution in [0.3, 0.4) is 0 Å². The Morgan fingerprint density at radius 2 is 0.469 bits per heavy atom. The van der Waals surface area contributed by atoms with Gasteiger partial charge in [0, 0.05) is 21.5 Å². The van der Waals surface area contributed by atoms with Crippen molar-refractivity contribution >= 4 is 65.4 Å². The number of furan rings is 2. The van der Waals surface area contributed by atoms with Crippen LogP contribution in [0.15, 0.2) is 239 Å². The minimum atomic E-state index is 0.905. The van der Waals surface area contributed by atoms with E-state index in [1.54, 1.807) is 0 Å². The van der Waals surface area contributed by atoms with Gasteiger partial charge in [0.1, 0.15) is 22.3 Å². The van der Waals surface area contributed by atoms with Gasteiger partial charge >= 0.3 is 0 Å². The molecule has 13 rings (SSSR count). The second-order valence-corrected chi connectivity index (χ2v) is 16.8. The Kier molecular flexibility index (Phi) is 8.25. The van der Waals surface area contributed by atoms with Crippen molar-refractivity contribution in [3.05, 3.63) is 231 Å². The van der Waals surface area contributed by atoms with Crippen molar-refractivity contribution in [2.75, 3.05) is 0 Å². The van der Waals surface area contributed by atoms with Gasteiger partial charge in [-0.3, -0.25) is 0 Å². The summed E-state index contributed by atoms with van der Waals surface area (Å²) in [6, 6.07) is 83.4. The molecule has 298 valence electrons. The molecule has 64 heavy (non-hydrogen) atoms. The van der Waals surface area contributed by atoms with E-state index in [9.17, 15) is 0 Å². The number of para-hydroxylation sites is 2. The topological polar surface area (TPSA) is 26.3 Å². The molecular formula is C62H38O2. The minimum Gasteiger partial charge on any atom is -0.456 e. The van der Waals surface area contributed by atoms with Crippen LogP contribution in [0.2, 0.25) is 0 Å². The SMILES string of the molecule is c1ccc(-c2ccc3c(-c4ccc(-c5ccc6oc7ccccc7c6c5)cc4)c4cc(-c5ccccc5)ccc4c(-c4ccc(-c5ccc6oc7ccccc7c6c5)cc4)c3c2)cc1. The number of hydrogen-bond donors (Lipinski definition) is 0. The van der Waals surface area contributed by atoms with Crippen molar-refractivity contribution in [1.82, 2.24) is 0 Å². The van der Waals surface area contributed by atoms with Gasteiger partial charge in [0.05, 0.1) is 0 Å². The summed E-state index contributed by atoms with van der Waals surface area (Å²) in [6.07, 6.45) is 0. The van der Waals surface area contributed by atoms with Crippen LogP contribution in [0, 0.1) is 0 Å². The van der Waals surface area contributed by atoms with Gasteiger partial charge < -0.3 is 8.83 Å². The number of hydrogen-bond acceptors (Lipinski definition) is 2. The lowest BCUT2D eigenvalue weighted by Gasteiger charge is -2.20. The molecule has 0 amide bonds. The van der Waals surface area contributed by atoms with Gasteiger partial charge in [0.2, 0.25) is 0 Å². The molecule has 0 aliphatic carbocycles. The Morgan fingerprint density at radius 3 is 0.891 bits per heavy atom. The average molecular weight is 815 g/mol. The molecule has 0 spiro atoms. The zero-order valence-electron chi connectivity index (χ0n) is 34.8. The van der Waals surface area contributed by atoms with E-state index in [4.69, 9.17) is 8.83 Å². The molecule has 0 unspecified atom stereocenters. The minimum absolute atomic E-state index is 0.905. The summed E-state index contributed by atoms with van der Waals surface area (Å²) in [4.78, 5) is 0. The molecule has 0 N–H and O–H groups in total. The molecule has 0 fully saturated rings. The average Bonchev–Trinajstić information content (AvgIpc) is 3.94. The molecule has 13 aromatic rings. The van der Waals surface area contributed by atoms with Crippen LogP contribution in [-0.2, 0) is 0 Å². The summed E-state index contributed by atoms with van der Waals surface area (Å²) >= 11 is 0. The maximum absolute atomic E-state index is 6.17.